The third-order valence-corrected chi connectivity index (χ3v) is 18.2. The number of para-hydroxylation sites is 6. The molecule has 0 spiro atoms. The summed E-state index contributed by atoms with van der Waals surface area (Å²) < 4.78 is 22.1. The van der Waals surface area contributed by atoms with Crippen molar-refractivity contribution < 1.29 is 14.2 Å². The Balaban J connectivity index is 0.940. The first-order valence-electron chi connectivity index (χ1n) is 28.0. The largest absolute Gasteiger partial charge is 0.458 e. The first kappa shape index (κ1) is 43.6. The van der Waals surface area contributed by atoms with Gasteiger partial charge >= 0.3 is 0 Å². The maximum absolute atomic E-state index is 7.63. The highest BCUT2D eigenvalue weighted by Crippen LogP contribution is 2.51. The Morgan fingerprint density at radius 1 is 0.235 bits per heavy atom. The second-order valence-electron chi connectivity index (χ2n) is 22.1. The molecule has 0 fully saturated rings. The predicted molar refractivity (Wildman–Crippen MR) is 337 cm³/mol. The number of nitrogens with zero attached hydrogens (tertiary/aromatic N) is 3. The van der Waals surface area contributed by atoms with Gasteiger partial charge in [0.05, 0.1) is 0 Å². The van der Waals surface area contributed by atoms with Gasteiger partial charge in [0.2, 0.25) is 0 Å². The van der Waals surface area contributed by atoms with Crippen molar-refractivity contribution in [3.63, 3.8) is 0 Å². The van der Waals surface area contributed by atoms with Crippen LogP contribution in [0.15, 0.2) is 255 Å². The van der Waals surface area contributed by atoms with Crippen LogP contribution in [0.5, 0.6) is 34.5 Å². The molecule has 13 aromatic carbocycles. The van der Waals surface area contributed by atoms with Crippen LogP contribution in [-0.2, 0) is 0 Å². The minimum absolute atomic E-state index is 0.0892. The molecular formula is C72H42B3N3O3. The molecule has 19 rings (SSSR count). The van der Waals surface area contributed by atoms with Gasteiger partial charge in [-0.05, 0) is 168 Å². The van der Waals surface area contributed by atoms with Crippen LogP contribution < -0.4 is 78.1 Å². The van der Waals surface area contributed by atoms with Gasteiger partial charge in [-0.15, -0.1) is 0 Å². The molecule has 6 aliphatic rings. The van der Waals surface area contributed by atoms with Gasteiger partial charge in [0.1, 0.15) is 34.5 Å². The van der Waals surface area contributed by atoms with Crippen molar-refractivity contribution in [1.82, 2.24) is 0 Å². The highest BCUT2D eigenvalue weighted by atomic mass is 16.5. The molecule has 0 unspecified atom stereocenters. The van der Waals surface area contributed by atoms with Crippen LogP contribution in [0.1, 0.15) is 0 Å². The van der Waals surface area contributed by atoms with Gasteiger partial charge < -0.3 is 28.9 Å². The lowest BCUT2D eigenvalue weighted by atomic mass is 9.33. The number of fused-ring (bicyclic) bond motifs is 20. The van der Waals surface area contributed by atoms with Crippen LogP contribution in [0.3, 0.4) is 0 Å². The van der Waals surface area contributed by atoms with Crippen molar-refractivity contribution in [1.29, 1.82) is 0 Å². The fourth-order valence-corrected chi connectivity index (χ4v) is 15.0. The maximum Gasteiger partial charge on any atom is 0.256 e. The molecule has 0 radical (unpaired) electrons. The first-order valence-corrected chi connectivity index (χ1v) is 28.0. The molecule has 9 heteroatoms. The average Bonchev–Trinajstić information content (AvgIpc) is 3.69. The topological polar surface area (TPSA) is 37.4 Å². The van der Waals surface area contributed by atoms with Crippen LogP contribution in [0.2, 0.25) is 0 Å². The lowest BCUT2D eigenvalue weighted by Gasteiger charge is -2.41. The lowest BCUT2D eigenvalue weighted by Crippen LogP contribution is -2.59. The van der Waals surface area contributed by atoms with Gasteiger partial charge in [0.25, 0.3) is 20.1 Å². The second-order valence-corrected chi connectivity index (χ2v) is 22.1. The first-order chi connectivity index (χ1) is 40.2. The molecule has 0 saturated heterocycles. The molecule has 81 heavy (non-hydrogen) atoms. The van der Waals surface area contributed by atoms with Gasteiger partial charge in [-0.3, -0.25) is 0 Å². The summed E-state index contributed by atoms with van der Waals surface area (Å²) in [6.45, 7) is -0.302. The third kappa shape index (κ3) is 5.79. The average molecular weight is 1030 g/mol. The summed E-state index contributed by atoms with van der Waals surface area (Å²) in [5, 5.41) is 6.59. The summed E-state index contributed by atoms with van der Waals surface area (Å²) in [7, 11) is 0. The minimum Gasteiger partial charge on any atom is -0.458 e. The number of rotatable bonds is 3. The molecular weight excluding hydrogens is 987 g/mol. The number of ether oxygens (including phenoxy) is 3. The maximum atomic E-state index is 7.63. The van der Waals surface area contributed by atoms with Crippen molar-refractivity contribution in [2.24, 2.45) is 0 Å². The van der Waals surface area contributed by atoms with E-state index in [0.29, 0.717) is 0 Å². The van der Waals surface area contributed by atoms with Crippen molar-refractivity contribution in [2.75, 3.05) is 14.7 Å². The molecule has 0 saturated carbocycles. The van der Waals surface area contributed by atoms with E-state index in [2.05, 4.69) is 269 Å². The van der Waals surface area contributed by atoms with Crippen LogP contribution in [-0.4, -0.2) is 20.1 Å². The molecule has 6 heterocycles. The van der Waals surface area contributed by atoms with Gasteiger partial charge in [-0.2, -0.15) is 0 Å². The number of hydrogen-bond acceptors (Lipinski definition) is 6. The highest BCUT2D eigenvalue weighted by molar-refractivity contribution is 7.01. The summed E-state index contributed by atoms with van der Waals surface area (Å²) >= 11 is 0. The SMILES string of the molecule is c1ccc(N2c3cc4c(cc3B3c5ccccc5Oc5cccc2c53)c2c3c(ccc2c2ccc5c(c24)Oc2cccc4c2B5c2ccccc2N4c2ccccc2)B2c4ccccc4N(c4ccccc4)c4cccc(c42)O3)cc1. The number of benzene rings is 13. The summed E-state index contributed by atoms with van der Waals surface area (Å²) in [6, 6.07) is 92.8. The zero-order valence-electron chi connectivity index (χ0n) is 43.5. The van der Waals surface area contributed by atoms with Gasteiger partial charge in [-0.1, -0.05) is 158 Å². The Morgan fingerprint density at radius 3 is 1.10 bits per heavy atom. The Labute approximate surface area is 468 Å². The number of hydrogen-bond donors (Lipinski definition) is 0. The van der Waals surface area contributed by atoms with E-state index in [-0.39, 0.29) is 20.1 Å². The smallest absolute Gasteiger partial charge is 0.256 e. The van der Waals surface area contributed by atoms with Crippen molar-refractivity contribution in [3.8, 4) is 34.5 Å². The van der Waals surface area contributed by atoms with Crippen molar-refractivity contribution >= 4 is 153 Å². The second kappa shape index (κ2) is 16.1. The standard InChI is InChI=1S/C72H42B3N3O3/c1-4-19-43(20-5-1)76-56-28-13-10-25-50(56)73-53-39-37-46-47-38-40-54-72(81-65-36-18-31-59-70(65)74(54)51-26-11-14-29-57(51)77(59)44-21-6-2-7-22-44)67(47)49-42-61-55(41-48(49)66(46)71(53)80-64-35-17-30-58(76)69(64)73)75-52-27-12-15-33-62(52)79-63-34-16-32-60(68(63)75)78(61)45-23-8-3-9-24-45/h1-42H. The van der Waals surface area contributed by atoms with Gasteiger partial charge in [-0.25, -0.2) is 0 Å². The van der Waals surface area contributed by atoms with Crippen LogP contribution >= 0.6 is 0 Å². The van der Waals surface area contributed by atoms with Crippen LogP contribution in [0, 0.1) is 0 Å². The zero-order chi connectivity index (χ0) is 52.6. The third-order valence-electron chi connectivity index (χ3n) is 18.2. The van der Waals surface area contributed by atoms with Crippen LogP contribution in [0.4, 0.5) is 51.2 Å². The van der Waals surface area contributed by atoms with E-state index >= 15 is 0 Å². The molecule has 0 amide bonds. The normalized spacial score (nSPS) is 14.1. The molecule has 6 aliphatic heterocycles. The molecule has 0 aromatic heterocycles. The van der Waals surface area contributed by atoms with E-state index in [1.54, 1.807) is 0 Å². The van der Waals surface area contributed by atoms with Crippen LogP contribution in [0.25, 0.3) is 32.3 Å². The summed E-state index contributed by atoms with van der Waals surface area (Å²) in [5.74, 6) is 5.26. The van der Waals surface area contributed by atoms with Crippen molar-refractivity contribution in [3.05, 3.63) is 255 Å². The quantitative estimate of drug-likeness (QED) is 0.130. The number of anilines is 9. The Morgan fingerprint density at radius 2 is 0.605 bits per heavy atom. The van der Waals surface area contributed by atoms with Gasteiger partial charge in [0, 0.05) is 62.0 Å². The molecule has 372 valence electrons. The predicted octanol–water partition coefficient (Wildman–Crippen LogP) is 12.4. The van der Waals surface area contributed by atoms with Gasteiger partial charge in [0.15, 0.2) is 0 Å². The Kier molecular flexibility index (Phi) is 8.68. The zero-order valence-corrected chi connectivity index (χ0v) is 43.5. The fourth-order valence-electron chi connectivity index (χ4n) is 15.0. The highest BCUT2D eigenvalue weighted by Gasteiger charge is 2.47. The van der Waals surface area contributed by atoms with E-state index in [1.807, 2.05) is 0 Å². The van der Waals surface area contributed by atoms with E-state index in [0.717, 1.165) is 128 Å². The molecule has 0 N–H and O–H groups in total. The lowest BCUT2D eigenvalue weighted by molar-refractivity contribution is 0.487. The molecule has 0 aliphatic carbocycles. The van der Waals surface area contributed by atoms with E-state index < -0.39 is 0 Å². The van der Waals surface area contributed by atoms with E-state index in [4.69, 9.17) is 14.2 Å². The summed E-state index contributed by atoms with van der Waals surface area (Å²) in [4.78, 5) is 7.26. The van der Waals surface area contributed by atoms with E-state index in [9.17, 15) is 0 Å². The minimum atomic E-state index is -0.123. The molecule has 0 atom stereocenters. The van der Waals surface area contributed by atoms with Crippen molar-refractivity contribution in [2.45, 2.75) is 0 Å². The Bertz CT molecular complexity index is 4920. The summed E-state index contributed by atoms with van der Waals surface area (Å²) in [5.41, 5.74) is 20.7. The summed E-state index contributed by atoms with van der Waals surface area (Å²) in [6.07, 6.45) is 0. The monoisotopic (exact) mass is 1030 g/mol. The molecule has 13 aromatic rings. The molecule has 0 bridgehead atoms. The van der Waals surface area contributed by atoms with E-state index in [1.165, 1.54) is 38.7 Å². The fraction of sp³-hybridized carbons (Fsp3) is 0. The Hall–Kier alpha value is -10.4. The molecule has 6 nitrogen and oxygen atoms in total.